The van der Waals surface area contributed by atoms with Gasteiger partial charge in [0.15, 0.2) is 0 Å². The molecule has 4 heteroatoms. The van der Waals surface area contributed by atoms with Crippen LogP contribution in [0.2, 0.25) is 10.0 Å². The Labute approximate surface area is 119 Å². The zero-order valence-electron chi connectivity index (χ0n) is 9.78. The second-order valence-corrected chi connectivity index (χ2v) is 5.11. The number of nitrogens with two attached hydrogens (primary N) is 1. The molecule has 0 fully saturated rings. The van der Waals surface area contributed by atoms with Crippen molar-refractivity contribution in [3.63, 3.8) is 0 Å². The summed E-state index contributed by atoms with van der Waals surface area (Å²) in [6.07, 6.45) is 0. The molecule has 0 heterocycles. The Balaban J connectivity index is 2.48. The summed E-state index contributed by atoms with van der Waals surface area (Å²) in [7, 11) is 0. The number of halogens is 2. The molecule has 2 N–H and O–H groups in total. The lowest BCUT2D eigenvalue weighted by Gasteiger charge is -2.08. The van der Waals surface area contributed by atoms with E-state index in [2.05, 4.69) is 0 Å². The third kappa shape index (κ3) is 1.93. The van der Waals surface area contributed by atoms with Crippen molar-refractivity contribution in [1.29, 1.82) is 0 Å². The third-order valence-corrected chi connectivity index (χ3v) is 3.99. The van der Waals surface area contributed by atoms with E-state index in [9.17, 15) is 4.79 Å². The fourth-order valence-electron chi connectivity index (χ4n) is 2.25. The average Bonchev–Trinajstić information content (AvgIpc) is 2.40. The SMILES string of the molecule is NC(=O)c1cccc2cc3c(Cl)c(Cl)ccc3cc12. The molecule has 0 radical (unpaired) electrons. The molecule has 3 aromatic rings. The Morgan fingerprint density at radius 2 is 1.63 bits per heavy atom. The van der Waals surface area contributed by atoms with Crippen molar-refractivity contribution in [3.8, 4) is 0 Å². The van der Waals surface area contributed by atoms with Gasteiger partial charge in [0.05, 0.1) is 10.0 Å². The van der Waals surface area contributed by atoms with E-state index in [4.69, 9.17) is 28.9 Å². The van der Waals surface area contributed by atoms with E-state index in [1.54, 1.807) is 18.2 Å². The number of amides is 1. The van der Waals surface area contributed by atoms with Crippen molar-refractivity contribution in [1.82, 2.24) is 0 Å². The van der Waals surface area contributed by atoms with Crippen LogP contribution in [0.4, 0.5) is 0 Å². The molecule has 0 bridgehead atoms. The van der Waals surface area contributed by atoms with Gasteiger partial charge in [-0.3, -0.25) is 4.79 Å². The number of carbonyl (C=O) groups is 1. The van der Waals surface area contributed by atoms with E-state index in [0.29, 0.717) is 15.6 Å². The molecule has 0 saturated carbocycles. The van der Waals surface area contributed by atoms with Gasteiger partial charge < -0.3 is 5.73 Å². The maximum atomic E-state index is 11.4. The van der Waals surface area contributed by atoms with Crippen LogP contribution in [0.15, 0.2) is 42.5 Å². The van der Waals surface area contributed by atoms with Gasteiger partial charge in [-0.25, -0.2) is 0 Å². The third-order valence-electron chi connectivity index (χ3n) is 3.17. The predicted molar refractivity (Wildman–Crippen MR) is 80.0 cm³/mol. The first kappa shape index (κ1) is 12.3. The summed E-state index contributed by atoms with van der Waals surface area (Å²) in [5.41, 5.74) is 5.90. The second-order valence-electron chi connectivity index (χ2n) is 4.33. The number of hydrogen-bond donors (Lipinski definition) is 1. The first-order valence-corrected chi connectivity index (χ1v) is 6.44. The van der Waals surface area contributed by atoms with E-state index >= 15 is 0 Å². The standard InChI is InChI=1S/C15H9Cl2NO/c16-13-5-4-9-6-11-8(7-12(9)14(13)17)2-1-3-10(11)15(18)19/h1-7H,(H2,18,19). The monoisotopic (exact) mass is 289 g/mol. The molecule has 0 aliphatic rings. The maximum absolute atomic E-state index is 11.4. The van der Waals surface area contributed by atoms with Crippen LogP contribution in [0.3, 0.4) is 0 Å². The lowest BCUT2D eigenvalue weighted by Crippen LogP contribution is -2.11. The van der Waals surface area contributed by atoms with E-state index < -0.39 is 5.91 Å². The van der Waals surface area contributed by atoms with Crippen LogP contribution in [0.1, 0.15) is 10.4 Å². The molecule has 0 atom stereocenters. The second kappa shape index (κ2) is 4.41. The van der Waals surface area contributed by atoms with Crippen molar-refractivity contribution >= 4 is 50.7 Å². The molecule has 0 unspecified atom stereocenters. The topological polar surface area (TPSA) is 43.1 Å². The fraction of sp³-hybridized carbons (Fsp3) is 0. The summed E-state index contributed by atoms with van der Waals surface area (Å²) in [5.74, 6) is -0.440. The van der Waals surface area contributed by atoms with E-state index in [1.165, 1.54) is 0 Å². The highest BCUT2D eigenvalue weighted by atomic mass is 35.5. The van der Waals surface area contributed by atoms with Gasteiger partial charge in [0.25, 0.3) is 0 Å². The Morgan fingerprint density at radius 1 is 0.947 bits per heavy atom. The Kier molecular flexibility index (Phi) is 2.85. The van der Waals surface area contributed by atoms with Gasteiger partial charge in [-0.1, -0.05) is 41.4 Å². The summed E-state index contributed by atoms with van der Waals surface area (Å²) in [6, 6.07) is 12.9. The number of fused-ring (bicyclic) bond motifs is 2. The zero-order valence-corrected chi connectivity index (χ0v) is 11.3. The number of rotatable bonds is 1. The Hall–Kier alpha value is -1.77. The number of benzene rings is 3. The van der Waals surface area contributed by atoms with Gasteiger partial charge >= 0.3 is 0 Å². The van der Waals surface area contributed by atoms with E-state index in [-0.39, 0.29) is 0 Å². The number of hydrogen-bond acceptors (Lipinski definition) is 1. The van der Waals surface area contributed by atoms with Gasteiger partial charge in [0.1, 0.15) is 0 Å². The lowest BCUT2D eigenvalue weighted by molar-refractivity contribution is 0.100. The van der Waals surface area contributed by atoms with E-state index in [1.807, 2.05) is 24.3 Å². The van der Waals surface area contributed by atoms with Gasteiger partial charge in [-0.05, 0) is 40.4 Å². The zero-order chi connectivity index (χ0) is 13.6. The van der Waals surface area contributed by atoms with Crippen LogP contribution in [0, 0.1) is 0 Å². The molecular weight excluding hydrogens is 281 g/mol. The highest BCUT2D eigenvalue weighted by Gasteiger charge is 2.10. The van der Waals surface area contributed by atoms with Crippen LogP contribution >= 0.6 is 23.2 Å². The molecule has 1 amide bonds. The molecule has 0 spiro atoms. The van der Waals surface area contributed by atoms with Crippen LogP contribution < -0.4 is 5.73 Å². The highest BCUT2D eigenvalue weighted by molar-refractivity contribution is 6.45. The Bertz CT molecular complexity index is 827. The molecule has 0 aliphatic carbocycles. The summed E-state index contributed by atoms with van der Waals surface area (Å²) in [6.45, 7) is 0. The van der Waals surface area contributed by atoms with Gasteiger partial charge in [0.2, 0.25) is 5.91 Å². The minimum atomic E-state index is -0.440. The van der Waals surface area contributed by atoms with Crippen LogP contribution in [0.5, 0.6) is 0 Å². The highest BCUT2D eigenvalue weighted by Crippen LogP contribution is 2.34. The Morgan fingerprint density at radius 3 is 2.37 bits per heavy atom. The summed E-state index contributed by atoms with van der Waals surface area (Å²) < 4.78 is 0. The van der Waals surface area contributed by atoms with Crippen molar-refractivity contribution in [2.75, 3.05) is 0 Å². The molecule has 2 nitrogen and oxygen atoms in total. The normalized spacial score (nSPS) is 11.1. The van der Waals surface area contributed by atoms with E-state index in [0.717, 1.165) is 21.5 Å². The van der Waals surface area contributed by atoms with Crippen LogP contribution in [0.25, 0.3) is 21.5 Å². The molecule has 0 saturated heterocycles. The number of primary amides is 1. The predicted octanol–water partition coefficient (Wildman–Crippen LogP) is 4.40. The van der Waals surface area contributed by atoms with Gasteiger partial charge in [-0.2, -0.15) is 0 Å². The van der Waals surface area contributed by atoms with Crippen molar-refractivity contribution in [3.05, 3.63) is 58.1 Å². The first-order valence-electron chi connectivity index (χ1n) is 5.68. The number of carbonyl (C=O) groups excluding carboxylic acids is 1. The average molecular weight is 290 g/mol. The molecule has 0 aromatic heterocycles. The summed E-state index contributed by atoms with van der Waals surface area (Å²) in [4.78, 5) is 11.4. The molecule has 19 heavy (non-hydrogen) atoms. The first-order chi connectivity index (χ1) is 9.08. The summed E-state index contributed by atoms with van der Waals surface area (Å²) >= 11 is 12.2. The van der Waals surface area contributed by atoms with Crippen molar-refractivity contribution in [2.24, 2.45) is 5.73 Å². The largest absolute Gasteiger partial charge is 0.366 e. The van der Waals surface area contributed by atoms with Gasteiger partial charge in [0, 0.05) is 10.9 Å². The van der Waals surface area contributed by atoms with Crippen LogP contribution in [-0.2, 0) is 0 Å². The smallest absolute Gasteiger partial charge is 0.249 e. The molecule has 3 aromatic carbocycles. The van der Waals surface area contributed by atoms with Gasteiger partial charge in [-0.15, -0.1) is 0 Å². The van der Waals surface area contributed by atoms with Crippen LogP contribution in [-0.4, -0.2) is 5.91 Å². The lowest BCUT2D eigenvalue weighted by atomic mass is 9.99. The van der Waals surface area contributed by atoms with Crippen molar-refractivity contribution in [2.45, 2.75) is 0 Å². The molecular formula is C15H9Cl2NO. The quantitative estimate of drug-likeness (QED) is 0.663. The maximum Gasteiger partial charge on any atom is 0.249 e. The minimum absolute atomic E-state index is 0.440. The molecule has 0 aliphatic heterocycles. The minimum Gasteiger partial charge on any atom is -0.366 e. The molecule has 3 rings (SSSR count). The summed E-state index contributed by atoms with van der Waals surface area (Å²) in [5, 5.41) is 4.55. The van der Waals surface area contributed by atoms with Crippen molar-refractivity contribution < 1.29 is 4.79 Å². The molecule has 94 valence electrons. The fourth-order valence-corrected chi connectivity index (χ4v) is 2.64.